The normalized spacial score (nSPS) is 10.0. The van der Waals surface area contributed by atoms with E-state index in [1.165, 1.54) is 4.68 Å². The Morgan fingerprint density at radius 3 is 2.47 bits per heavy atom. The Morgan fingerprint density at radius 2 is 2.00 bits per heavy atom. The van der Waals surface area contributed by atoms with Crippen LogP contribution in [-0.4, -0.2) is 9.78 Å². The molecule has 4 nitrogen and oxygen atoms in total. The Balaban J connectivity index is 2.37. The quantitative estimate of drug-likeness (QED) is 0.867. The van der Waals surface area contributed by atoms with Crippen LogP contribution < -0.4 is 5.32 Å². The maximum Gasteiger partial charge on any atom is 0.152 e. The lowest BCUT2D eigenvalue weighted by molar-refractivity contribution is 0.589. The second-order valence-electron chi connectivity index (χ2n) is 3.43. The van der Waals surface area contributed by atoms with Crippen molar-refractivity contribution in [3.63, 3.8) is 0 Å². The lowest BCUT2D eigenvalue weighted by Gasteiger charge is -2.06. The first-order valence-corrected chi connectivity index (χ1v) is 4.76. The average Bonchev–Trinajstić information content (AvgIpc) is 2.69. The molecule has 6 heteroatoms. The predicted molar refractivity (Wildman–Crippen MR) is 57.6 cm³/mol. The highest BCUT2D eigenvalue weighted by molar-refractivity contribution is 5.58. The molecule has 0 amide bonds. The van der Waals surface area contributed by atoms with Gasteiger partial charge in [-0.1, -0.05) is 0 Å². The molecule has 0 radical (unpaired) electrons. The van der Waals surface area contributed by atoms with E-state index in [2.05, 4.69) is 10.4 Å². The second-order valence-corrected chi connectivity index (χ2v) is 3.43. The predicted octanol–water partition coefficient (Wildman–Crippen LogP) is 2.31. The molecule has 0 bridgehead atoms. The zero-order valence-electron chi connectivity index (χ0n) is 8.91. The van der Waals surface area contributed by atoms with Gasteiger partial charge < -0.3 is 5.32 Å². The molecule has 1 aromatic carbocycles. The number of aromatic nitrogens is 2. The summed E-state index contributed by atoms with van der Waals surface area (Å²) in [5, 5.41) is 15.0. The minimum Gasteiger partial charge on any atom is -0.334 e. The van der Waals surface area contributed by atoms with Gasteiger partial charge in [0.15, 0.2) is 17.5 Å². The molecule has 1 aromatic heterocycles. The van der Waals surface area contributed by atoms with Crippen LogP contribution in [0, 0.1) is 23.0 Å². The molecule has 0 atom stereocenters. The lowest BCUT2D eigenvalue weighted by Crippen LogP contribution is -2.00. The summed E-state index contributed by atoms with van der Waals surface area (Å²) in [6.45, 7) is 0. The van der Waals surface area contributed by atoms with Crippen LogP contribution in [0.5, 0.6) is 0 Å². The van der Waals surface area contributed by atoms with Crippen LogP contribution in [0.2, 0.25) is 0 Å². The number of nitriles is 1. The van der Waals surface area contributed by atoms with Gasteiger partial charge in [-0.05, 0) is 12.1 Å². The maximum absolute atomic E-state index is 13.5. The van der Waals surface area contributed by atoms with Crippen molar-refractivity contribution in [1.82, 2.24) is 9.78 Å². The summed E-state index contributed by atoms with van der Waals surface area (Å²) in [6.07, 6.45) is 1.64. The van der Waals surface area contributed by atoms with E-state index in [9.17, 15) is 8.78 Å². The molecule has 1 heterocycles. The van der Waals surface area contributed by atoms with Gasteiger partial charge in [-0.15, -0.1) is 0 Å². The standard InChI is InChI=1S/C11H8F2N4/c1-17-3-2-10(16-17)15-11-8(12)4-7(6-14)5-9(11)13/h2-5H,1H3,(H,15,16). The lowest BCUT2D eigenvalue weighted by atomic mass is 10.2. The third-order valence-electron chi connectivity index (χ3n) is 2.14. The smallest absolute Gasteiger partial charge is 0.152 e. The Kier molecular flexibility index (Phi) is 2.75. The first kappa shape index (κ1) is 11.1. The molecule has 17 heavy (non-hydrogen) atoms. The van der Waals surface area contributed by atoms with Gasteiger partial charge in [0.05, 0.1) is 11.6 Å². The highest BCUT2D eigenvalue weighted by Crippen LogP contribution is 2.23. The first-order chi connectivity index (χ1) is 8.10. The minimum absolute atomic E-state index is 0.0634. The van der Waals surface area contributed by atoms with Gasteiger partial charge in [0.1, 0.15) is 5.69 Å². The van der Waals surface area contributed by atoms with Crippen LogP contribution in [0.3, 0.4) is 0 Å². The number of benzene rings is 1. The summed E-state index contributed by atoms with van der Waals surface area (Å²) < 4.78 is 28.5. The summed E-state index contributed by atoms with van der Waals surface area (Å²) in [4.78, 5) is 0. The molecule has 0 fully saturated rings. The van der Waals surface area contributed by atoms with Crippen LogP contribution in [0.4, 0.5) is 20.3 Å². The number of nitrogens with one attached hydrogen (secondary N) is 1. The van der Waals surface area contributed by atoms with Crippen LogP contribution in [-0.2, 0) is 7.05 Å². The van der Waals surface area contributed by atoms with Crippen molar-refractivity contribution in [2.24, 2.45) is 7.05 Å². The summed E-state index contributed by atoms with van der Waals surface area (Å²) in [7, 11) is 1.69. The van der Waals surface area contributed by atoms with Crippen molar-refractivity contribution in [2.45, 2.75) is 0 Å². The van der Waals surface area contributed by atoms with Crippen molar-refractivity contribution in [2.75, 3.05) is 5.32 Å². The zero-order chi connectivity index (χ0) is 12.4. The summed E-state index contributed by atoms with van der Waals surface area (Å²) in [5.41, 5.74) is -0.380. The number of hydrogen-bond acceptors (Lipinski definition) is 3. The van der Waals surface area contributed by atoms with E-state index in [4.69, 9.17) is 5.26 Å². The molecule has 0 saturated heterocycles. The van der Waals surface area contributed by atoms with Crippen molar-refractivity contribution in [3.8, 4) is 6.07 Å². The summed E-state index contributed by atoms with van der Waals surface area (Å²) in [5.74, 6) is -1.32. The molecule has 0 aliphatic rings. The van der Waals surface area contributed by atoms with Gasteiger partial charge in [-0.25, -0.2) is 8.78 Å². The topological polar surface area (TPSA) is 53.6 Å². The summed E-state index contributed by atoms with van der Waals surface area (Å²) >= 11 is 0. The molecule has 1 N–H and O–H groups in total. The molecule has 0 spiro atoms. The van der Waals surface area contributed by atoms with E-state index >= 15 is 0 Å². The Labute approximate surface area is 96.1 Å². The Bertz CT molecular complexity index is 575. The van der Waals surface area contributed by atoms with Gasteiger partial charge >= 0.3 is 0 Å². The van der Waals surface area contributed by atoms with Gasteiger partial charge in [0, 0.05) is 19.3 Å². The van der Waals surface area contributed by atoms with Crippen molar-refractivity contribution in [3.05, 3.63) is 41.6 Å². The fourth-order valence-electron chi connectivity index (χ4n) is 1.37. The van der Waals surface area contributed by atoms with E-state index in [1.54, 1.807) is 25.4 Å². The largest absolute Gasteiger partial charge is 0.334 e. The number of halogens is 2. The third kappa shape index (κ3) is 2.23. The van der Waals surface area contributed by atoms with Gasteiger partial charge in [0.2, 0.25) is 0 Å². The summed E-state index contributed by atoms with van der Waals surface area (Å²) in [6, 6.07) is 5.19. The number of aryl methyl sites for hydroxylation is 1. The SMILES string of the molecule is Cn1ccc(Nc2c(F)cc(C#N)cc2F)n1. The maximum atomic E-state index is 13.5. The van der Waals surface area contributed by atoms with E-state index in [0.29, 0.717) is 5.82 Å². The highest BCUT2D eigenvalue weighted by atomic mass is 19.1. The van der Waals surface area contributed by atoms with Crippen molar-refractivity contribution < 1.29 is 8.78 Å². The molecule has 0 saturated carbocycles. The third-order valence-corrected chi connectivity index (χ3v) is 2.14. The molecular formula is C11H8F2N4. The molecule has 2 aromatic rings. The van der Waals surface area contributed by atoms with Crippen LogP contribution in [0.15, 0.2) is 24.4 Å². The first-order valence-electron chi connectivity index (χ1n) is 4.76. The molecule has 0 aliphatic heterocycles. The number of anilines is 2. The fourth-order valence-corrected chi connectivity index (χ4v) is 1.37. The second kappa shape index (κ2) is 4.22. The highest BCUT2D eigenvalue weighted by Gasteiger charge is 2.12. The van der Waals surface area contributed by atoms with Crippen LogP contribution >= 0.6 is 0 Å². The molecule has 0 aliphatic carbocycles. The fraction of sp³-hybridized carbons (Fsp3) is 0.0909. The average molecular weight is 234 g/mol. The van der Waals surface area contributed by atoms with Crippen LogP contribution in [0.1, 0.15) is 5.56 Å². The minimum atomic E-state index is -0.827. The zero-order valence-corrected chi connectivity index (χ0v) is 8.91. The van der Waals surface area contributed by atoms with Gasteiger partial charge in [-0.3, -0.25) is 4.68 Å². The monoisotopic (exact) mass is 234 g/mol. The number of hydrogen-bond donors (Lipinski definition) is 1. The van der Waals surface area contributed by atoms with Crippen LogP contribution in [0.25, 0.3) is 0 Å². The van der Waals surface area contributed by atoms with Gasteiger partial charge in [0.25, 0.3) is 0 Å². The van der Waals surface area contributed by atoms with Crippen molar-refractivity contribution >= 4 is 11.5 Å². The number of nitrogens with zero attached hydrogens (tertiary/aromatic N) is 3. The molecule has 2 rings (SSSR count). The Morgan fingerprint density at radius 1 is 1.35 bits per heavy atom. The van der Waals surface area contributed by atoms with E-state index < -0.39 is 11.6 Å². The Hall–Kier alpha value is -2.42. The number of rotatable bonds is 2. The van der Waals surface area contributed by atoms with E-state index in [-0.39, 0.29) is 11.3 Å². The molecular weight excluding hydrogens is 226 g/mol. The van der Waals surface area contributed by atoms with E-state index in [1.807, 2.05) is 0 Å². The molecule has 86 valence electrons. The van der Waals surface area contributed by atoms with Crippen molar-refractivity contribution in [1.29, 1.82) is 5.26 Å². The van der Waals surface area contributed by atoms with E-state index in [0.717, 1.165) is 12.1 Å². The molecule has 0 unspecified atom stereocenters. The van der Waals surface area contributed by atoms with Gasteiger partial charge in [-0.2, -0.15) is 10.4 Å².